The Balaban J connectivity index is 2.34. The Morgan fingerprint density at radius 2 is 2.00 bits per heavy atom. The number of benzene rings is 1. The van der Waals surface area contributed by atoms with Crippen molar-refractivity contribution in [2.45, 2.75) is 31.5 Å². The maximum atomic E-state index is 12.6. The van der Waals surface area contributed by atoms with Crippen LogP contribution in [0, 0.1) is 0 Å². The lowest BCUT2D eigenvalue weighted by Crippen LogP contribution is -2.22. The van der Waals surface area contributed by atoms with Crippen LogP contribution in [0.25, 0.3) is 0 Å². The number of ether oxygens (including phenoxy) is 1. The highest BCUT2D eigenvalue weighted by Gasteiger charge is 2.30. The number of methoxy groups -OCH3 is 1. The van der Waals surface area contributed by atoms with Crippen LogP contribution in [0.4, 0.5) is 13.2 Å². The van der Waals surface area contributed by atoms with E-state index in [9.17, 15) is 18.3 Å². The third-order valence-electron chi connectivity index (χ3n) is 3.14. The van der Waals surface area contributed by atoms with Crippen LogP contribution in [0.15, 0.2) is 24.3 Å². The molecule has 21 heavy (non-hydrogen) atoms. The van der Waals surface area contributed by atoms with Gasteiger partial charge in [-0.05, 0) is 43.5 Å². The zero-order valence-corrected chi connectivity index (χ0v) is 12.1. The van der Waals surface area contributed by atoms with Crippen molar-refractivity contribution in [3.63, 3.8) is 0 Å². The van der Waals surface area contributed by atoms with E-state index in [2.05, 4.69) is 5.32 Å². The van der Waals surface area contributed by atoms with Gasteiger partial charge in [0.25, 0.3) is 0 Å². The molecule has 0 saturated heterocycles. The van der Waals surface area contributed by atoms with Crippen molar-refractivity contribution in [2.75, 3.05) is 26.8 Å². The number of aliphatic hydroxyl groups is 1. The largest absolute Gasteiger partial charge is 0.416 e. The van der Waals surface area contributed by atoms with Crippen molar-refractivity contribution >= 4 is 0 Å². The summed E-state index contributed by atoms with van der Waals surface area (Å²) >= 11 is 0. The molecule has 1 rings (SSSR count). The topological polar surface area (TPSA) is 41.5 Å². The van der Waals surface area contributed by atoms with E-state index in [0.717, 1.165) is 44.5 Å². The van der Waals surface area contributed by atoms with Gasteiger partial charge in [-0.3, -0.25) is 0 Å². The van der Waals surface area contributed by atoms with Gasteiger partial charge in [0.05, 0.1) is 11.7 Å². The highest BCUT2D eigenvalue weighted by Crippen LogP contribution is 2.30. The van der Waals surface area contributed by atoms with Gasteiger partial charge in [0, 0.05) is 20.3 Å². The number of hydrogen-bond acceptors (Lipinski definition) is 3. The van der Waals surface area contributed by atoms with Crippen molar-refractivity contribution in [3.05, 3.63) is 35.4 Å². The Labute approximate surface area is 123 Å². The molecular weight excluding hydrogens is 283 g/mol. The molecule has 0 radical (unpaired) electrons. The normalized spacial score (nSPS) is 13.4. The van der Waals surface area contributed by atoms with Gasteiger partial charge in [0.2, 0.25) is 0 Å². The third kappa shape index (κ3) is 6.93. The molecule has 1 atom stereocenters. The molecule has 0 heterocycles. The van der Waals surface area contributed by atoms with Gasteiger partial charge in [-0.1, -0.05) is 12.1 Å². The second-order valence-electron chi connectivity index (χ2n) is 4.90. The number of unbranched alkanes of at least 4 members (excludes halogenated alkanes) is 2. The van der Waals surface area contributed by atoms with Crippen molar-refractivity contribution in [3.8, 4) is 0 Å². The molecule has 0 fully saturated rings. The van der Waals surface area contributed by atoms with Crippen molar-refractivity contribution < 1.29 is 23.0 Å². The van der Waals surface area contributed by atoms with E-state index in [1.54, 1.807) is 7.11 Å². The van der Waals surface area contributed by atoms with E-state index in [4.69, 9.17) is 4.74 Å². The second kappa shape index (κ2) is 9.02. The Morgan fingerprint density at radius 3 is 2.67 bits per heavy atom. The Bertz CT molecular complexity index is 410. The molecule has 0 aliphatic carbocycles. The summed E-state index contributed by atoms with van der Waals surface area (Å²) in [6, 6.07) is 4.80. The summed E-state index contributed by atoms with van der Waals surface area (Å²) in [7, 11) is 1.66. The minimum atomic E-state index is -4.38. The first-order valence-corrected chi connectivity index (χ1v) is 7.00. The van der Waals surface area contributed by atoms with Gasteiger partial charge in [0.1, 0.15) is 0 Å². The van der Waals surface area contributed by atoms with E-state index in [1.807, 2.05) is 0 Å². The summed E-state index contributed by atoms with van der Waals surface area (Å²) in [4.78, 5) is 0. The van der Waals surface area contributed by atoms with E-state index in [0.29, 0.717) is 0 Å². The standard InChI is InChI=1S/C15H22F3NO2/c1-21-9-4-2-3-8-19-11-14(20)12-6-5-7-13(10-12)15(16,17)18/h5-7,10,14,19-20H,2-4,8-9,11H2,1H3. The molecule has 0 saturated carbocycles. The average molecular weight is 305 g/mol. The maximum Gasteiger partial charge on any atom is 0.416 e. The fraction of sp³-hybridized carbons (Fsp3) is 0.600. The van der Waals surface area contributed by atoms with Crippen molar-refractivity contribution in [2.24, 2.45) is 0 Å². The highest BCUT2D eigenvalue weighted by molar-refractivity contribution is 5.27. The van der Waals surface area contributed by atoms with Crippen molar-refractivity contribution in [1.82, 2.24) is 5.32 Å². The fourth-order valence-electron chi connectivity index (χ4n) is 1.95. The molecule has 0 aliphatic rings. The second-order valence-corrected chi connectivity index (χ2v) is 4.90. The number of nitrogens with one attached hydrogen (secondary N) is 1. The lowest BCUT2D eigenvalue weighted by atomic mass is 10.1. The molecule has 0 aliphatic heterocycles. The summed E-state index contributed by atoms with van der Waals surface area (Å²) in [5.41, 5.74) is -0.463. The Hall–Kier alpha value is -1.11. The summed E-state index contributed by atoms with van der Waals surface area (Å²) in [6.07, 6.45) is -2.39. The first-order valence-electron chi connectivity index (χ1n) is 7.00. The van der Waals surface area contributed by atoms with Crippen LogP contribution in [-0.4, -0.2) is 31.9 Å². The zero-order valence-electron chi connectivity index (χ0n) is 12.1. The van der Waals surface area contributed by atoms with Gasteiger partial charge < -0.3 is 15.2 Å². The van der Waals surface area contributed by atoms with E-state index >= 15 is 0 Å². The smallest absolute Gasteiger partial charge is 0.387 e. The number of hydrogen-bond donors (Lipinski definition) is 2. The van der Waals surface area contributed by atoms with Gasteiger partial charge in [-0.25, -0.2) is 0 Å². The molecule has 6 heteroatoms. The van der Waals surface area contributed by atoms with Gasteiger partial charge in [0.15, 0.2) is 0 Å². The minimum absolute atomic E-state index is 0.242. The molecule has 1 aromatic carbocycles. The quantitative estimate of drug-likeness (QED) is 0.689. The molecule has 2 N–H and O–H groups in total. The van der Waals surface area contributed by atoms with Crippen LogP contribution >= 0.6 is 0 Å². The van der Waals surface area contributed by atoms with Gasteiger partial charge in [-0.15, -0.1) is 0 Å². The van der Waals surface area contributed by atoms with Crippen molar-refractivity contribution in [1.29, 1.82) is 0 Å². The predicted octanol–water partition coefficient (Wildman–Crippen LogP) is 3.15. The number of alkyl halides is 3. The SMILES string of the molecule is COCCCCCNCC(O)c1cccc(C(F)(F)F)c1. The Morgan fingerprint density at radius 1 is 1.24 bits per heavy atom. The van der Waals surface area contributed by atoms with Crippen LogP contribution in [0.2, 0.25) is 0 Å². The summed E-state index contributed by atoms with van der Waals surface area (Å²) < 4.78 is 42.7. The highest BCUT2D eigenvalue weighted by atomic mass is 19.4. The zero-order chi connectivity index (χ0) is 15.7. The lowest BCUT2D eigenvalue weighted by Gasteiger charge is -2.14. The van der Waals surface area contributed by atoms with Gasteiger partial charge in [-0.2, -0.15) is 13.2 Å². The minimum Gasteiger partial charge on any atom is -0.387 e. The van der Waals surface area contributed by atoms with E-state index in [1.165, 1.54) is 12.1 Å². The molecule has 1 aromatic rings. The molecule has 0 bridgehead atoms. The van der Waals surface area contributed by atoms with Crippen LogP contribution < -0.4 is 5.32 Å². The molecule has 120 valence electrons. The molecule has 0 amide bonds. The third-order valence-corrected chi connectivity index (χ3v) is 3.14. The summed E-state index contributed by atoms with van der Waals surface area (Å²) in [5.74, 6) is 0. The molecule has 3 nitrogen and oxygen atoms in total. The van der Waals surface area contributed by atoms with E-state index < -0.39 is 17.8 Å². The van der Waals surface area contributed by atoms with E-state index in [-0.39, 0.29) is 12.1 Å². The number of rotatable bonds is 9. The molecule has 0 spiro atoms. The van der Waals surface area contributed by atoms with Crippen LogP contribution in [-0.2, 0) is 10.9 Å². The van der Waals surface area contributed by atoms with Crippen LogP contribution in [0.5, 0.6) is 0 Å². The number of halogens is 3. The van der Waals surface area contributed by atoms with Crippen LogP contribution in [0.1, 0.15) is 36.5 Å². The Kier molecular flexibility index (Phi) is 7.71. The van der Waals surface area contributed by atoms with Crippen LogP contribution in [0.3, 0.4) is 0 Å². The molecule has 1 unspecified atom stereocenters. The monoisotopic (exact) mass is 305 g/mol. The fourth-order valence-corrected chi connectivity index (χ4v) is 1.95. The molecule has 0 aromatic heterocycles. The first kappa shape index (κ1) is 17.9. The summed E-state index contributed by atoms with van der Waals surface area (Å²) in [6.45, 7) is 1.69. The number of aliphatic hydroxyl groups excluding tert-OH is 1. The maximum absolute atomic E-state index is 12.6. The summed E-state index contributed by atoms with van der Waals surface area (Å²) in [5, 5.41) is 12.9. The van der Waals surface area contributed by atoms with Gasteiger partial charge >= 0.3 is 6.18 Å². The lowest BCUT2D eigenvalue weighted by molar-refractivity contribution is -0.137. The molecular formula is C15H22F3NO2. The first-order chi connectivity index (χ1) is 9.95. The average Bonchev–Trinajstić information content (AvgIpc) is 2.45. The predicted molar refractivity (Wildman–Crippen MR) is 75.0 cm³/mol.